The molecule has 0 saturated carbocycles. The Labute approximate surface area is 212 Å². The summed E-state index contributed by atoms with van der Waals surface area (Å²) < 4.78 is 43.4. The standard InChI is InChI=1S/C26H31N3O5S2/c1-25(2,3)13-14-26(4)18-10-8-7-9-17(18)22(30)21(23(26)31)24-27-19-12-11-16(28-36(6,33)34)15-20(19)35(5,32)29-24/h7-12,15,21,28H,5,13-14H2,1-4,6H3,(H,27,29,32)/t21?,26-,35?/m1/s1. The Hall–Kier alpha value is -2.98. The summed E-state index contributed by atoms with van der Waals surface area (Å²) in [5, 5.41) is 3.03. The van der Waals surface area contributed by atoms with E-state index in [4.69, 9.17) is 0 Å². The summed E-state index contributed by atoms with van der Waals surface area (Å²) in [5.74, 6) is 1.80. The van der Waals surface area contributed by atoms with Gasteiger partial charge in [-0.15, -0.1) is 0 Å². The first kappa shape index (κ1) is 26.1. The number of carbonyl (C=O) groups excluding carboxylic acids is 2. The smallest absolute Gasteiger partial charge is 0.229 e. The average molecular weight is 530 g/mol. The van der Waals surface area contributed by atoms with Gasteiger partial charge in [-0.25, -0.2) is 12.6 Å². The fourth-order valence-electron chi connectivity index (χ4n) is 4.70. The number of amidine groups is 1. The van der Waals surface area contributed by atoms with Crippen molar-refractivity contribution in [3.05, 3.63) is 53.6 Å². The summed E-state index contributed by atoms with van der Waals surface area (Å²) in [6, 6.07) is 11.6. The molecule has 3 atom stereocenters. The van der Waals surface area contributed by atoms with E-state index >= 15 is 0 Å². The molecular weight excluding hydrogens is 498 g/mol. The molecule has 1 heterocycles. The lowest BCUT2D eigenvalue weighted by Gasteiger charge is -2.40. The van der Waals surface area contributed by atoms with Crippen molar-refractivity contribution in [3.8, 4) is 0 Å². The molecule has 4 rings (SSSR count). The van der Waals surface area contributed by atoms with Gasteiger partial charge in [0, 0.05) is 11.3 Å². The molecule has 0 radical (unpaired) electrons. The number of hydrogen-bond acceptors (Lipinski definition) is 6. The lowest BCUT2D eigenvalue weighted by molar-refractivity contribution is -0.125. The molecule has 0 spiro atoms. The molecule has 2 N–H and O–H groups in total. The van der Waals surface area contributed by atoms with Gasteiger partial charge in [-0.3, -0.25) is 14.3 Å². The van der Waals surface area contributed by atoms with E-state index in [1.165, 1.54) is 18.2 Å². The Morgan fingerprint density at radius 2 is 1.83 bits per heavy atom. The first-order valence-corrected chi connectivity index (χ1v) is 15.1. The van der Waals surface area contributed by atoms with Crippen LogP contribution in [0, 0.1) is 11.3 Å². The summed E-state index contributed by atoms with van der Waals surface area (Å²) in [5.41, 5.74) is 0.768. The van der Waals surface area contributed by atoms with E-state index in [1.54, 1.807) is 12.1 Å². The van der Waals surface area contributed by atoms with E-state index in [0.29, 0.717) is 23.2 Å². The van der Waals surface area contributed by atoms with Gasteiger partial charge in [-0.2, -0.15) is 4.40 Å². The summed E-state index contributed by atoms with van der Waals surface area (Å²) >= 11 is 0. The molecule has 10 heteroatoms. The number of Topliss-reactive ketones (excluding diaryl/α,β-unsaturated/α-hetero) is 2. The molecule has 1 aliphatic heterocycles. The van der Waals surface area contributed by atoms with Crippen LogP contribution in [0.2, 0.25) is 0 Å². The first-order valence-electron chi connectivity index (χ1n) is 11.6. The Morgan fingerprint density at radius 1 is 1.17 bits per heavy atom. The second kappa shape index (κ2) is 8.55. The van der Waals surface area contributed by atoms with Crippen LogP contribution in [-0.2, 0) is 29.9 Å². The number of nitrogens with one attached hydrogen (secondary N) is 2. The van der Waals surface area contributed by atoms with Crippen LogP contribution < -0.4 is 10.0 Å². The van der Waals surface area contributed by atoms with Gasteiger partial charge in [-0.05, 0) is 54.8 Å². The lowest BCUT2D eigenvalue weighted by Crippen LogP contribution is -2.51. The Kier molecular flexibility index (Phi) is 6.20. The minimum Gasteiger partial charge on any atom is -0.341 e. The summed E-state index contributed by atoms with van der Waals surface area (Å²) in [4.78, 5) is 27.8. The number of carbonyl (C=O) groups is 2. The molecule has 8 nitrogen and oxygen atoms in total. The fraction of sp³-hybridized carbons (Fsp3) is 0.385. The van der Waals surface area contributed by atoms with Crippen molar-refractivity contribution in [2.45, 2.75) is 50.8 Å². The van der Waals surface area contributed by atoms with Crippen molar-refractivity contribution in [2.75, 3.05) is 16.3 Å². The first-order chi connectivity index (χ1) is 16.5. The predicted octanol–water partition coefficient (Wildman–Crippen LogP) is 4.04. The number of anilines is 2. The van der Waals surface area contributed by atoms with Crippen molar-refractivity contribution >= 4 is 54.4 Å². The molecule has 1 aliphatic carbocycles. The predicted molar refractivity (Wildman–Crippen MR) is 145 cm³/mol. The summed E-state index contributed by atoms with van der Waals surface area (Å²) in [6.45, 7) is 8.17. The van der Waals surface area contributed by atoms with E-state index < -0.39 is 36.8 Å². The molecule has 0 aromatic heterocycles. The Morgan fingerprint density at radius 3 is 2.47 bits per heavy atom. The van der Waals surface area contributed by atoms with Crippen LogP contribution >= 0.6 is 0 Å². The number of ketones is 2. The van der Waals surface area contributed by atoms with Crippen LogP contribution in [0.15, 0.2) is 51.8 Å². The molecule has 2 aromatic rings. The van der Waals surface area contributed by atoms with Gasteiger partial charge in [0.25, 0.3) is 0 Å². The van der Waals surface area contributed by atoms with Gasteiger partial charge in [0.2, 0.25) is 10.0 Å². The topological polar surface area (TPSA) is 122 Å². The zero-order valence-electron chi connectivity index (χ0n) is 21.0. The summed E-state index contributed by atoms with van der Waals surface area (Å²) in [7, 11) is -6.88. The third-order valence-electron chi connectivity index (χ3n) is 6.64. The number of fused-ring (bicyclic) bond motifs is 2. The number of benzene rings is 2. The Bertz CT molecular complexity index is 1520. The van der Waals surface area contributed by atoms with Crippen molar-refractivity contribution < 1.29 is 22.2 Å². The Balaban J connectivity index is 1.79. The van der Waals surface area contributed by atoms with E-state index in [0.717, 1.165) is 12.7 Å². The molecular formula is C26H31N3O5S2. The van der Waals surface area contributed by atoms with Gasteiger partial charge in [0.05, 0.1) is 32.0 Å². The van der Waals surface area contributed by atoms with Crippen LogP contribution in [0.5, 0.6) is 0 Å². The third-order valence-corrected chi connectivity index (χ3v) is 8.76. The monoisotopic (exact) mass is 529 g/mol. The molecule has 192 valence electrons. The number of nitrogens with zero attached hydrogens (tertiary/aromatic N) is 1. The molecule has 0 bridgehead atoms. The molecule has 0 fully saturated rings. The number of sulfonamides is 1. The molecule has 0 amide bonds. The zero-order chi connectivity index (χ0) is 26.7. The van der Waals surface area contributed by atoms with Crippen LogP contribution in [0.25, 0.3) is 0 Å². The third kappa shape index (κ3) is 4.84. The van der Waals surface area contributed by atoms with Crippen LogP contribution in [0.1, 0.15) is 56.5 Å². The maximum Gasteiger partial charge on any atom is 0.229 e. The molecule has 2 aromatic carbocycles. The van der Waals surface area contributed by atoms with Gasteiger partial charge < -0.3 is 5.32 Å². The largest absolute Gasteiger partial charge is 0.341 e. The second-order valence-electron chi connectivity index (χ2n) is 10.9. The van der Waals surface area contributed by atoms with Gasteiger partial charge in [-0.1, -0.05) is 45.0 Å². The average Bonchev–Trinajstić information content (AvgIpc) is 2.75. The van der Waals surface area contributed by atoms with Crippen molar-refractivity contribution in [3.63, 3.8) is 0 Å². The zero-order valence-corrected chi connectivity index (χ0v) is 22.7. The maximum atomic E-state index is 14.0. The van der Waals surface area contributed by atoms with Crippen molar-refractivity contribution in [1.82, 2.24) is 0 Å². The van der Waals surface area contributed by atoms with Gasteiger partial charge in [0.15, 0.2) is 11.6 Å². The molecule has 2 aliphatic rings. The summed E-state index contributed by atoms with van der Waals surface area (Å²) in [6.07, 6.45) is 2.31. The van der Waals surface area contributed by atoms with E-state index in [9.17, 15) is 22.2 Å². The second-order valence-corrected chi connectivity index (χ2v) is 14.6. The van der Waals surface area contributed by atoms with Crippen LogP contribution in [0.4, 0.5) is 11.4 Å². The SMILES string of the molecule is C=S1(=O)N=C(C2C(=O)c3ccccc3[C@@](C)(CCC(C)(C)C)C2=O)Nc2ccc(NS(C)(=O)=O)cc21. The number of hydrogen-bond donors (Lipinski definition) is 2. The highest BCUT2D eigenvalue weighted by Crippen LogP contribution is 2.44. The highest BCUT2D eigenvalue weighted by atomic mass is 32.2. The van der Waals surface area contributed by atoms with Crippen LogP contribution in [-0.4, -0.2) is 42.2 Å². The van der Waals surface area contributed by atoms with Gasteiger partial charge in [0.1, 0.15) is 11.8 Å². The molecule has 36 heavy (non-hydrogen) atoms. The quantitative estimate of drug-likeness (QED) is 0.445. The maximum absolute atomic E-state index is 14.0. The fourth-order valence-corrected chi connectivity index (χ4v) is 6.59. The molecule has 0 saturated heterocycles. The van der Waals surface area contributed by atoms with Gasteiger partial charge >= 0.3 is 0 Å². The number of rotatable bonds is 5. The van der Waals surface area contributed by atoms with Crippen molar-refractivity contribution in [1.29, 1.82) is 0 Å². The normalized spacial score (nSPS) is 25.9. The van der Waals surface area contributed by atoms with Crippen LogP contribution in [0.3, 0.4) is 0 Å². The lowest BCUT2D eigenvalue weighted by atomic mass is 9.62. The van der Waals surface area contributed by atoms with Crippen molar-refractivity contribution in [2.24, 2.45) is 15.7 Å². The van der Waals surface area contributed by atoms with E-state index in [-0.39, 0.29) is 27.6 Å². The molecule has 2 unspecified atom stereocenters. The van der Waals surface area contributed by atoms with E-state index in [1.807, 2.05) is 19.1 Å². The van der Waals surface area contributed by atoms with E-state index in [2.05, 4.69) is 41.1 Å². The minimum atomic E-state index is -3.55. The highest BCUT2D eigenvalue weighted by molar-refractivity contribution is 7.99. The minimum absolute atomic E-state index is 0.00203. The highest BCUT2D eigenvalue weighted by Gasteiger charge is 2.51.